The number of carbonyl (C=O) groups excluding carboxylic acids is 3. The van der Waals surface area contributed by atoms with Crippen LogP contribution in [0.15, 0.2) is 36.4 Å². The maximum absolute atomic E-state index is 13.7. The normalized spacial score (nSPS) is 20.8. The van der Waals surface area contributed by atoms with E-state index in [0.29, 0.717) is 81.4 Å². The van der Waals surface area contributed by atoms with Crippen molar-refractivity contribution in [2.45, 2.75) is 45.4 Å². The van der Waals surface area contributed by atoms with E-state index < -0.39 is 29.6 Å². The number of likely N-dealkylation sites (tertiary alicyclic amines) is 3. The highest BCUT2D eigenvalue weighted by Crippen LogP contribution is 2.35. The summed E-state index contributed by atoms with van der Waals surface area (Å²) in [4.78, 5) is 45.2. The van der Waals surface area contributed by atoms with Crippen LogP contribution in [0.1, 0.15) is 47.7 Å². The molecule has 13 heteroatoms. The van der Waals surface area contributed by atoms with Crippen LogP contribution in [-0.2, 0) is 15.7 Å². The number of fused-ring (bicyclic) bond motifs is 1. The van der Waals surface area contributed by atoms with Crippen molar-refractivity contribution in [3.63, 3.8) is 0 Å². The quantitative estimate of drug-likeness (QED) is 0.351. The van der Waals surface area contributed by atoms with Crippen molar-refractivity contribution in [2.75, 3.05) is 57.3 Å². The Hall–Kier alpha value is -3.38. The lowest BCUT2D eigenvalue weighted by Crippen LogP contribution is -2.43. The van der Waals surface area contributed by atoms with Crippen LogP contribution >= 0.6 is 11.6 Å². The molecule has 3 fully saturated rings. The molecule has 3 heterocycles. The van der Waals surface area contributed by atoms with Gasteiger partial charge in [0.15, 0.2) is 0 Å². The first-order valence-electron chi connectivity index (χ1n) is 15.2. The number of benzene rings is 2. The van der Waals surface area contributed by atoms with E-state index in [4.69, 9.17) is 16.3 Å². The van der Waals surface area contributed by atoms with Crippen LogP contribution in [0.25, 0.3) is 0 Å². The molecule has 0 aromatic heterocycles. The van der Waals surface area contributed by atoms with Gasteiger partial charge in [0.05, 0.1) is 5.56 Å². The van der Waals surface area contributed by atoms with Gasteiger partial charge in [0.25, 0.3) is 5.91 Å². The zero-order valence-electron chi connectivity index (χ0n) is 25.3. The van der Waals surface area contributed by atoms with Gasteiger partial charge in [-0.25, -0.2) is 9.18 Å². The molecule has 5 rings (SSSR count). The number of rotatable bonds is 7. The number of halogens is 5. The maximum Gasteiger partial charge on any atom is 0.419 e. The van der Waals surface area contributed by atoms with E-state index in [1.54, 1.807) is 20.8 Å². The number of hydrogen-bond donors (Lipinski definition) is 0. The number of nitrogens with zero attached hydrogens (tertiary/aromatic N) is 4. The van der Waals surface area contributed by atoms with E-state index in [1.807, 2.05) is 19.1 Å². The summed E-state index contributed by atoms with van der Waals surface area (Å²) in [6, 6.07) is 7.82. The molecule has 0 bridgehead atoms. The summed E-state index contributed by atoms with van der Waals surface area (Å²) in [6.07, 6.45) is -3.81. The molecule has 3 amide bonds. The smallest absolute Gasteiger partial charge is 0.419 e. The molecular weight excluding hydrogens is 616 g/mol. The van der Waals surface area contributed by atoms with E-state index in [1.165, 1.54) is 6.92 Å². The van der Waals surface area contributed by atoms with Crippen LogP contribution in [0, 0.1) is 24.6 Å². The third-order valence-electron chi connectivity index (χ3n) is 9.07. The first-order valence-corrected chi connectivity index (χ1v) is 15.6. The highest BCUT2D eigenvalue weighted by atomic mass is 35.5. The minimum absolute atomic E-state index is 0.00784. The monoisotopic (exact) mass is 652 g/mol. The van der Waals surface area contributed by atoms with Crippen LogP contribution in [0.4, 0.5) is 28.0 Å². The van der Waals surface area contributed by atoms with Gasteiger partial charge in [-0.3, -0.25) is 14.5 Å². The van der Waals surface area contributed by atoms with Crippen LogP contribution < -0.4 is 4.90 Å². The van der Waals surface area contributed by atoms with Crippen LogP contribution in [0.5, 0.6) is 0 Å². The maximum atomic E-state index is 13.7. The number of hydrogen-bond acceptors (Lipinski definition) is 5. The van der Waals surface area contributed by atoms with Gasteiger partial charge in [0, 0.05) is 81.9 Å². The summed E-state index contributed by atoms with van der Waals surface area (Å²) < 4.78 is 59.0. The first-order chi connectivity index (χ1) is 21.3. The summed E-state index contributed by atoms with van der Waals surface area (Å²) in [6.45, 7) is 7.88. The third-order valence-corrected chi connectivity index (χ3v) is 9.47. The fourth-order valence-corrected chi connectivity index (χ4v) is 6.69. The van der Waals surface area contributed by atoms with E-state index in [2.05, 4.69) is 4.90 Å². The number of aryl methyl sites for hydroxylation is 1. The highest BCUT2D eigenvalue weighted by molar-refractivity contribution is 6.31. The summed E-state index contributed by atoms with van der Waals surface area (Å²) in [7, 11) is 0. The van der Waals surface area contributed by atoms with Gasteiger partial charge in [-0.1, -0.05) is 17.7 Å². The number of alkyl halides is 3. The molecule has 3 aliphatic rings. The molecule has 3 aliphatic heterocycles. The number of piperidine rings is 1. The van der Waals surface area contributed by atoms with Crippen molar-refractivity contribution >= 4 is 35.2 Å². The molecule has 0 saturated carbocycles. The minimum atomic E-state index is -4.88. The average Bonchev–Trinajstić information content (AvgIpc) is 3.55. The second kappa shape index (κ2) is 13.5. The largest absolute Gasteiger partial charge is 0.446 e. The lowest BCUT2D eigenvalue weighted by atomic mass is 10.0. The molecule has 2 aromatic rings. The Morgan fingerprint density at radius 3 is 2.24 bits per heavy atom. The van der Waals surface area contributed by atoms with Crippen molar-refractivity contribution in [3.8, 4) is 0 Å². The minimum Gasteiger partial charge on any atom is -0.446 e. The van der Waals surface area contributed by atoms with Gasteiger partial charge >= 0.3 is 12.3 Å². The molecule has 3 saturated heterocycles. The summed E-state index contributed by atoms with van der Waals surface area (Å²) in [5.74, 6) is -1.57. The van der Waals surface area contributed by atoms with E-state index in [-0.39, 0.29) is 29.4 Å². The Balaban J connectivity index is 1.15. The fourth-order valence-electron chi connectivity index (χ4n) is 6.52. The average molecular weight is 653 g/mol. The highest BCUT2D eigenvalue weighted by Gasteiger charge is 2.42. The van der Waals surface area contributed by atoms with Gasteiger partial charge in [0.1, 0.15) is 11.9 Å². The summed E-state index contributed by atoms with van der Waals surface area (Å²) >= 11 is 6.38. The van der Waals surface area contributed by atoms with Crippen LogP contribution in [-0.4, -0.2) is 91.1 Å². The second-order valence-electron chi connectivity index (χ2n) is 12.2. The molecule has 2 atom stereocenters. The van der Waals surface area contributed by atoms with Crippen molar-refractivity contribution < 1.29 is 36.7 Å². The Bertz CT molecular complexity index is 1420. The zero-order valence-corrected chi connectivity index (χ0v) is 26.0. The number of ether oxygens (including phenoxy) is 1. The van der Waals surface area contributed by atoms with Gasteiger partial charge in [-0.15, -0.1) is 0 Å². The molecule has 0 aliphatic carbocycles. The first kappa shape index (κ1) is 33.0. The second-order valence-corrected chi connectivity index (χ2v) is 12.6. The third kappa shape index (κ3) is 7.71. The van der Waals surface area contributed by atoms with E-state index in [0.717, 1.165) is 24.7 Å². The predicted octanol–water partition coefficient (Wildman–Crippen LogP) is 5.85. The van der Waals surface area contributed by atoms with Crippen molar-refractivity contribution in [2.24, 2.45) is 11.8 Å². The van der Waals surface area contributed by atoms with Crippen LogP contribution in [0.2, 0.25) is 5.02 Å². The molecule has 244 valence electrons. The Kier molecular flexibility index (Phi) is 9.93. The Morgan fingerprint density at radius 2 is 1.64 bits per heavy atom. The summed E-state index contributed by atoms with van der Waals surface area (Å²) in [5, 5.41) is 0.543. The molecule has 0 N–H and O–H groups in total. The summed E-state index contributed by atoms with van der Waals surface area (Å²) in [5.41, 5.74) is -0.0864. The van der Waals surface area contributed by atoms with Gasteiger partial charge < -0.3 is 19.4 Å². The fraction of sp³-hybridized carbons (Fsp3) is 0.531. The molecule has 8 nitrogen and oxygen atoms in total. The van der Waals surface area contributed by atoms with Crippen molar-refractivity contribution in [1.29, 1.82) is 0 Å². The molecule has 2 aromatic carbocycles. The van der Waals surface area contributed by atoms with Crippen LogP contribution in [0.3, 0.4) is 0 Å². The SMILES string of the molecule is CC(=O)N1CCC(OC(=O)N(CCCN2CC3CN(C(=O)c4ccc(F)c(C(F)(F)F)c4)CC3C2)c2ccc(C)c(Cl)c2)CC1. The van der Waals surface area contributed by atoms with E-state index >= 15 is 0 Å². The van der Waals surface area contributed by atoms with Crippen molar-refractivity contribution in [3.05, 3.63) is 63.9 Å². The van der Waals surface area contributed by atoms with Crippen molar-refractivity contribution in [1.82, 2.24) is 14.7 Å². The molecule has 45 heavy (non-hydrogen) atoms. The number of anilines is 1. The molecule has 2 unspecified atom stereocenters. The standard InChI is InChI=1S/C32H37ClF4N4O4/c1-20-4-6-25(15-28(20)33)41(31(44)45-26-8-12-39(13-9-26)21(2)42)11-3-10-38-16-23-18-40(19-24(23)17-38)30(43)22-5-7-29(34)27(14-22)32(35,36)37/h4-7,14-15,23-24,26H,3,8-13,16-19H2,1-2H3. The Morgan fingerprint density at radius 1 is 0.978 bits per heavy atom. The predicted molar refractivity (Wildman–Crippen MR) is 161 cm³/mol. The Labute approximate surface area is 264 Å². The lowest BCUT2D eigenvalue weighted by Gasteiger charge is -2.32. The lowest BCUT2D eigenvalue weighted by molar-refractivity contribution is -0.140. The van der Waals surface area contributed by atoms with Gasteiger partial charge in [-0.2, -0.15) is 13.2 Å². The number of amides is 3. The number of carbonyl (C=O) groups is 3. The molecular formula is C32H37ClF4N4O4. The van der Waals surface area contributed by atoms with Gasteiger partial charge in [0.2, 0.25) is 5.91 Å². The molecule has 0 spiro atoms. The van der Waals surface area contributed by atoms with Gasteiger partial charge in [-0.05, 0) is 67.6 Å². The zero-order chi connectivity index (χ0) is 32.5. The molecule has 0 radical (unpaired) electrons. The topological polar surface area (TPSA) is 73.4 Å². The van der Waals surface area contributed by atoms with E-state index in [9.17, 15) is 31.9 Å².